The Kier molecular flexibility index (Phi) is 11.9. The average Bonchev–Trinajstić information content (AvgIpc) is 0.723. The minimum Gasteiger partial charge on any atom is -0.0836 e. The van der Waals surface area contributed by atoms with Crippen LogP contribution in [0, 0.1) is 0 Å². The van der Waals surface area contributed by atoms with E-state index in [0.717, 1.165) is 43.4 Å². The van der Waals surface area contributed by atoms with Gasteiger partial charge in [-0.15, -0.1) is 0 Å². The molecule has 0 nitrogen and oxygen atoms in total. The molecule has 28 aromatic carbocycles. The highest BCUT2D eigenvalue weighted by atomic mass is 14.3. The molecule has 0 radical (unpaired) electrons. The van der Waals surface area contributed by atoms with Crippen LogP contribution in [-0.2, 0) is 6.40 Å². The third kappa shape index (κ3) is 16.2. The van der Waals surface area contributed by atoms with Gasteiger partial charge in [0, 0.05) is 2.74 Å². The van der Waals surface area contributed by atoms with Crippen LogP contribution >= 0.6 is 0 Å². The van der Waals surface area contributed by atoms with E-state index in [4.69, 9.17) is 58.9 Å². The first-order valence-corrected chi connectivity index (χ1v) is 45.9. The zero-order chi connectivity index (χ0) is 148. The molecular formula is C146H98. The van der Waals surface area contributed by atoms with Crippen LogP contribution in [0.1, 0.15) is 98.4 Å². The van der Waals surface area contributed by atoms with Crippen molar-refractivity contribution in [2.75, 3.05) is 0 Å². The number of hydrogen-bond acceptors (Lipinski definition) is 0. The lowest BCUT2D eigenvalue weighted by Gasteiger charge is -2.21. The molecule has 682 valence electrons. The van der Waals surface area contributed by atoms with Crippen molar-refractivity contribution in [3.63, 3.8) is 0 Å². The van der Waals surface area contributed by atoms with Gasteiger partial charge in [0.2, 0.25) is 0 Å². The summed E-state index contributed by atoms with van der Waals surface area (Å²) in [6, 6.07) is 28.4. The van der Waals surface area contributed by atoms with Crippen molar-refractivity contribution in [3.8, 4) is 122 Å². The van der Waals surface area contributed by atoms with Gasteiger partial charge in [-0.3, -0.25) is 0 Å². The molecular weight excluding hydrogens is 1750 g/mol. The number of fused-ring (bicyclic) bond motifs is 14. The van der Waals surface area contributed by atoms with Crippen LogP contribution in [-0.4, -0.2) is 0 Å². The quantitative estimate of drug-likeness (QED) is 0.113. The SMILES string of the molecule is [2H]C1=C([2H])C([2H])C([2H])c2c1c([2H])c([2H])c([2H])c2-c1c2ccccc2c(-c2ccc3ccccc3c2)c2ccccc12.[2H]c1c([2H])c(-c2c([2H])c([2H])c([2H])c3c([2H])c([2H])c([2H])c([2H])c23)c([2H])c(-c2c3c([2H])c([2H])c([2H])c([2H])c3c(-c3c([2H])c([2H])c4c([2H])c([2H])c([2H])c([2H])c4c3[2H])c3c([2H])c([2H])c([2H])c([2H])c23)c1[2H].[2H]c1c([2H])c(-c2c([2H])c([2H])c3c([2H])c([2H])c([2H])c([2H])c3c2[2H])c([2H])c(-c2c3c([2H])c([2H])c([2H])c([2H])c3c(-c3c([2H])c([2H])c4c([2H])c([2H])c([2H])c([2H])c4c3[2H])c3c([2H])c([2H])c([2H])c([2H])c23)c1[2H].c1ccc(-c2ccc(-c3c4ccccc4c(-c4ccccc4)c4ccccc34)cc2)cc1. The summed E-state index contributed by atoms with van der Waals surface area (Å²) in [5.41, 5.74) is 1.43. The number of benzene rings is 28. The Morgan fingerprint density at radius 2 is 0.452 bits per heavy atom. The topological polar surface area (TPSA) is 0 Å². The van der Waals surface area contributed by atoms with E-state index in [-0.39, 0.29) is 41.4 Å². The molecule has 0 amide bonds. The minimum absolute atomic E-state index is 0.0151. The Hall–Kier alpha value is -18.7. The Balaban J connectivity index is 0.000000132. The molecule has 1 aliphatic rings. The van der Waals surface area contributed by atoms with Gasteiger partial charge >= 0.3 is 0 Å². The predicted octanol–water partition coefficient (Wildman–Crippen LogP) is 41.0. The Bertz CT molecular complexity index is 13600. The van der Waals surface area contributed by atoms with E-state index >= 15 is 0 Å². The van der Waals surface area contributed by atoms with Gasteiger partial charge in [0.1, 0.15) is 0 Å². The van der Waals surface area contributed by atoms with Crippen molar-refractivity contribution >= 4 is 146 Å². The van der Waals surface area contributed by atoms with E-state index in [1.165, 1.54) is 54.9 Å². The smallest absolute Gasteiger partial charge is 0.0636 e. The Morgan fingerprint density at radius 3 is 0.925 bits per heavy atom. The highest BCUT2D eigenvalue weighted by molar-refractivity contribution is 6.27. The Labute approximate surface area is 933 Å². The van der Waals surface area contributed by atoms with Gasteiger partial charge in [-0.05, 0) is 323 Å². The van der Waals surface area contributed by atoms with E-state index < -0.39 is 480 Å². The zero-order valence-electron chi connectivity index (χ0n) is 135. The summed E-state index contributed by atoms with van der Waals surface area (Å²) in [5, 5.41) is 0.270. The molecule has 28 aromatic rings. The molecule has 0 aromatic heterocycles. The molecule has 29 rings (SSSR count). The first-order chi connectivity index (χ1) is 97.0. The van der Waals surface area contributed by atoms with Crippen LogP contribution in [0.4, 0.5) is 0 Å². The molecule has 0 aliphatic heterocycles. The fourth-order valence-electron chi connectivity index (χ4n) is 19.1. The van der Waals surface area contributed by atoms with Crippen LogP contribution in [0.5, 0.6) is 0 Å². The molecule has 2 atom stereocenters. The van der Waals surface area contributed by atoms with Crippen LogP contribution in [0.15, 0.2) is 563 Å². The van der Waals surface area contributed by atoms with Gasteiger partial charge in [-0.2, -0.15) is 0 Å². The highest BCUT2D eigenvalue weighted by Gasteiger charge is 2.25. The van der Waals surface area contributed by atoms with Crippen molar-refractivity contribution in [2.45, 2.75) is 12.8 Å². The molecule has 2 unspecified atom stereocenters. The molecule has 0 bridgehead atoms. The summed E-state index contributed by atoms with van der Waals surface area (Å²) in [4.78, 5) is 0. The zero-order valence-corrected chi connectivity index (χ0v) is 76.0. The molecule has 0 saturated heterocycles. The summed E-state index contributed by atoms with van der Waals surface area (Å²) in [6.45, 7) is 0. The molecule has 0 heterocycles. The molecule has 1 aliphatic carbocycles. The fraction of sp³-hybridized carbons (Fsp3) is 0.0137. The highest BCUT2D eigenvalue weighted by Crippen LogP contribution is 2.52. The minimum atomic E-state index is -1.32. The predicted molar refractivity (Wildman–Crippen MR) is 630 cm³/mol. The standard InChI is InChI=1S/2C40H26.C34H24.C32H22/c1-3-12-29-24-32(22-20-27(29)10-1)31-14-9-15-33(26-31)39-35-16-5-7-18-37(35)40(38-19-8-6-17-36(38)39)34-23-21-28-11-2-4-13-30(28)25-34;1-2-13-29-25-32(24-23-27(29)11-1)40-37-20-7-5-18-35(37)39(36-19-6-8-21-38(36)40)31-16-9-15-30(26-31)34-22-10-14-28-12-3-4-17-33(28)34;1-2-12-25-22-26(21-20-23(25)10-1)33-29-15-5-7-17-31(29)34(32-18-8-6-16-30(32)33)28-19-9-13-24-11-3-4-14-27(24)28;1-3-11-23(12-4-1)24-19-21-26(22-20-24)32-29-17-9-7-15-27(29)31(25-13-5-2-6-14-25)28-16-8-10-18-30(28)32/h2*1-26H;1-3,5-13,15-22H,4,14H2;1-22H/i2*1D,2D,3D,4D,5D,6D,7D,8D,9D,10D,11D,12D,13D,14D,15D,16D,17D,18D,19D,20D,21D,22D,23D,24D,25D,26D;3D,4D,9D,11D,13D,14D,19D;. The maximum absolute atomic E-state index is 9.74. The fourth-order valence-corrected chi connectivity index (χ4v) is 19.1. The second-order valence-electron chi connectivity index (χ2n) is 33.7. The largest absolute Gasteiger partial charge is 0.0836 e. The summed E-state index contributed by atoms with van der Waals surface area (Å²) in [6.07, 6.45) is -2.59. The van der Waals surface area contributed by atoms with E-state index in [9.17, 15) is 21.9 Å². The third-order valence-electron chi connectivity index (χ3n) is 25.5. The lowest BCUT2D eigenvalue weighted by Crippen LogP contribution is -1.99. The van der Waals surface area contributed by atoms with Crippen molar-refractivity contribution in [3.05, 3.63) is 574 Å². The first-order valence-electron chi connectivity index (χ1n) is 75.6. The molecule has 0 spiro atoms. The van der Waals surface area contributed by atoms with Gasteiger partial charge in [0.25, 0.3) is 0 Å². The van der Waals surface area contributed by atoms with Crippen molar-refractivity contribution < 1.29 is 80.9 Å². The molecule has 146 heavy (non-hydrogen) atoms. The molecule has 0 saturated carbocycles. The van der Waals surface area contributed by atoms with E-state index in [1.807, 2.05) is 60.7 Å². The lowest BCUT2D eigenvalue weighted by atomic mass is 9.82. The second-order valence-corrected chi connectivity index (χ2v) is 33.7. The maximum Gasteiger partial charge on any atom is 0.0636 e. The van der Waals surface area contributed by atoms with Crippen LogP contribution < -0.4 is 0 Å². The van der Waals surface area contributed by atoms with E-state index in [1.54, 1.807) is 0 Å². The van der Waals surface area contributed by atoms with Gasteiger partial charge < -0.3 is 0 Å². The number of hydrogen-bond donors (Lipinski definition) is 0. The number of allylic oxidation sites excluding steroid dienone is 1. The van der Waals surface area contributed by atoms with Crippen LogP contribution in [0.2, 0.25) is 0 Å². The van der Waals surface area contributed by atoms with Crippen molar-refractivity contribution in [1.29, 1.82) is 0 Å². The third-order valence-corrected chi connectivity index (χ3v) is 25.5. The van der Waals surface area contributed by atoms with Gasteiger partial charge in [0.05, 0.1) is 78.1 Å². The number of rotatable bonds is 11. The van der Waals surface area contributed by atoms with Gasteiger partial charge in [-0.25, -0.2) is 0 Å². The van der Waals surface area contributed by atoms with Crippen LogP contribution in [0.3, 0.4) is 0 Å². The summed E-state index contributed by atoms with van der Waals surface area (Å²) in [7, 11) is 0. The summed E-state index contributed by atoms with van der Waals surface area (Å²) >= 11 is 0. The molecule has 0 fully saturated rings. The van der Waals surface area contributed by atoms with E-state index in [0.29, 0.717) is 11.1 Å². The average molecular weight is 1910 g/mol. The van der Waals surface area contributed by atoms with E-state index in [2.05, 4.69) is 164 Å². The van der Waals surface area contributed by atoms with Crippen molar-refractivity contribution in [2.24, 2.45) is 0 Å². The van der Waals surface area contributed by atoms with Crippen LogP contribution in [0.25, 0.3) is 268 Å². The first kappa shape index (κ1) is 45.5. The Morgan fingerprint density at radius 1 is 0.158 bits per heavy atom. The monoisotopic (exact) mass is 1910 g/mol. The molecule has 0 N–H and O–H groups in total. The van der Waals surface area contributed by atoms with Crippen molar-refractivity contribution in [1.82, 2.24) is 0 Å². The van der Waals surface area contributed by atoms with Gasteiger partial charge in [-0.1, -0.05) is 533 Å². The van der Waals surface area contributed by atoms with Gasteiger partial charge in [0.15, 0.2) is 0 Å². The normalized spacial score (nSPS) is 18.6. The lowest BCUT2D eigenvalue weighted by molar-refractivity contribution is 0.988. The summed E-state index contributed by atoms with van der Waals surface area (Å²) in [5.74, 6) is 0. The maximum atomic E-state index is 9.74. The second kappa shape index (κ2) is 38.4. The summed E-state index contributed by atoms with van der Waals surface area (Å²) < 4.78 is 522. The molecule has 0 heteroatoms.